The minimum absolute atomic E-state index is 0.0688. The van der Waals surface area contributed by atoms with Gasteiger partial charge < -0.3 is 4.74 Å². The van der Waals surface area contributed by atoms with Crippen LogP contribution in [0.5, 0.6) is 0 Å². The molecule has 2 amide bonds. The van der Waals surface area contributed by atoms with Gasteiger partial charge in [0.25, 0.3) is 5.91 Å². The Bertz CT molecular complexity index is 1070. The lowest BCUT2D eigenvalue weighted by atomic mass is 10.2. The summed E-state index contributed by atoms with van der Waals surface area (Å²) in [6.45, 7) is 1.34. The average Bonchev–Trinajstić information content (AvgIpc) is 3.48. The molecule has 32 heavy (non-hydrogen) atoms. The van der Waals surface area contributed by atoms with Crippen LogP contribution in [0.1, 0.15) is 23.2 Å². The molecule has 1 aliphatic rings. The largest absolute Gasteiger partial charge is 0.376 e. The fraction of sp³-hybridized carbons (Fsp3) is 0.273. The van der Waals surface area contributed by atoms with Gasteiger partial charge >= 0.3 is 0 Å². The zero-order valence-electron chi connectivity index (χ0n) is 17.2. The molecule has 1 aliphatic heterocycles. The van der Waals surface area contributed by atoms with E-state index < -0.39 is 0 Å². The summed E-state index contributed by atoms with van der Waals surface area (Å²) in [4.78, 5) is 24.4. The molecule has 0 spiro atoms. The van der Waals surface area contributed by atoms with Gasteiger partial charge in [0.05, 0.1) is 18.4 Å². The van der Waals surface area contributed by atoms with Crippen molar-refractivity contribution in [3.63, 3.8) is 0 Å². The fourth-order valence-corrected chi connectivity index (χ4v) is 4.19. The predicted octanol–water partition coefficient (Wildman–Crippen LogP) is 3.33. The monoisotopic (exact) mass is 471 g/mol. The summed E-state index contributed by atoms with van der Waals surface area (Å²) in [6.07, 6.45) is 2.07. The third-order valence-corrected chi connectivity index (χ3v) is 6.13. The Labute approximate surface area is 194 Å². The molecule has 1 atom stereocenters. The van der Waals surface area contributed by atoms with Gasteiger partial charge in [-0.25, -0.2) is 0 Å². The first-order chi connectivity index (χ1) is 15.6. The standard InChI is InChI=1S/C22H22ClN5O3S/c23-17-10-8-15(9-11-17)20-25-27-22(28(20)13-18-7-4-12-31-18)32-14-19(29)24-26-21(30)16-5-2-1-3-6-16/h1-3,5-6,8-11,18H,4,7,12-14H2,(H,24,29)(H,26,30)/t18-/m0/s1. The topological polar surface area (TPSA) is 98.1 Å². The van der Waals surface area contributed by atoms with E-state index in [1.165, 1.54) is 11.8 Å². The zero-order chi connectivity index (χ0) is 22.3. The van der Waals surface area contributed by atoms with Gasteiger partial charge in [-0.1, -0.05) is 41.6 Å². The number of ether oxygens (including phenoxy) is 1. The maximum atomic E-state index is 12.3. The molecule has 2 N–H and O–H groups in total. The number of carbonyl (C=O) groups is 2. The number of nitrogens with one attached hydrogen (secondary N) is 2. The second-order valence-electron chi connectivity index (χ2n) is 7.22. The minimum Gasteiger partial charge on any atom is -0.376 e. The maximum absolute atomic E-state index is 12.3. The van der Waals surface area contributed by atoms with Gasteiger partial charge in [0.15, 0.2) is 11.0 Å². The van der Waals surface area contributed by atoms with Crippen molar-refractivity contribution in [2.24, 2.45) is 0 Å². The van der Waals surface area contributed by atoms with Gasteiger partial charge in [0.1, 0.15) is 0 Å². The number of halogens is 1. The van der Waals surface area contributed by atoms with E-state index in [2.05, 4.69) is 21.0 Å². The third kappa shape index (κ3) is 5.67. The summed E-state index contributed by atoms with van der Waals surface area (Å²) in [5.74, 6) is 0.0336. The molecule has 0 radical (unpaired) electrons. The third-order valence-electron chi connectivity index (χ3n) is 4.91. The average molecular weight is 472 g/mol. The molecule has 166 valence electrons. The highest BCUT2D eigenvalue weighted by Gasteiger charge is 2.22. The highest BCUT2D eigenvalue weighted by molar-refractivity contribution is 7.99. The van der Waals surface area contributed by atoms with Crippen molar-refractivity contribution in [3.8, 4) is 11.4 Å². The first-order valence-corrected chi connectivity index (χ1v) is 11.5. The summed E-state index contributed by atoms with van der Waals surface area (Å²) in [5, 5.41) is 9.88. The Kier molecular flexibility index (Phi) is 7.41. The molecule has 0 saturated carbocycles. The number of hydrazine groups is 1. The molecule has 0 bridgehead atoms. The number of hydrogen-bond acceptors (Lipinski definition) is 6. The Hall–Kier alpha value is -2.88. The van der Waals surface area contributed by atoms with Crippen LogP contribution >= 0.6 is 23.4 Å². The second kappa shape index (κ2) is 10.6. The van der Waals surface area contributed by atoms with E-state index in [1.54, 1.807) is 36.4 Å². The lowest BCUT2D eigenvalue weighted by Gasteiger charge is -2.15. The van der Waals surface area contributed by atoms with Crippen LogP contribution in [0.4, 0.5) is 0 Å². The van der Waals surface area contributed by atoms with E-state index in [1.807, 2.05) is 22.8 Å². The number of thioether (sulfide) groups is 1. The second-order valence-corrected chi connectivity index (χ2v) is 8.59. The molecule has 1 fully saturated rings. The molecule has 2 heterocycles. The van der Waals surface area contributed by atoms with Crippen LogP contribution < -0.4 is 10.9 Å². The number of nitrogens with zero attached hydrogens (tertiary/aromatic N) is 3. The highest BCUT2D eigenvalue weighted by atomic mass is 35.5. The van der Waals surface area contributed by atoms with Gasteiger partial charge in [-0.15, -0.1) is 10.2 Å². The van der Waals surface area contributed by atoms with E-state index in [9.17, 15) is 9.59 Å². The molecule has 4 rings (SSSR count). The van der Waals surface area contributed by atoms with Crippen molar-refractivity contribution in [1.82, 2.24) is 25.6 Å². The molecule has 1 aromatic heterocycles. The van der Waals surface area contributed by atoms with Crippen LogP contribution in [0.25, 0.3) is 11.4 Å². The van der Waals surface area contributed by atoms with Crippen molar-refractivity contribution in [2.75, 3.05) is 12.4 Å². The van der Waals surface area contributed by atoms with Crippen LogP contribution in [0.3, 0.4) is 0 Å². The number of amides is 2. The first kappa shape index (κ1) is 22.3. The molecular formula is C22H22ClN5O3S. The number of carbonyl (C=O) groups excluding carboxylic acids is 2. The quantitative estimate of drug-likeness (QED) is 0.405. The molecule has 3 aromatic rings. The van der Waals surface area contributed by atoms with Crippen LogP contribution in [0.15, 0.2) is 59.8 Å². The molecule has 2 aromatic carbocycles. The predicted molar refractivity (Wildman–Crippen MR) is 122 cm³/mol. The van der Waals surface area contributed by atoms with Gasteiger partial charge in [-0.3, -0.25) is 25.0 Å². The van der Waals surface area contributed by atoms with E-state index in [4.69, 9.17) is 16.3 Å². The van der Waals surface area contributed by atoms with Gasteiger partial charge in [-0.2, -0.15) is 0 Å². The summed E-state index contributed by atoms with van der Waals surface area (Å²) in [6, 6.07) is 16.0. The van der Waals surface area contributed by atoms with Crippen LogP contribution in [0, 0.1) is 0 Å². The van der Waals surface area contributed by atoms with Crippen molar-refractivity contribution in [2.45, 2.75) is 30.6 Å². The summed E-state index contributed by atoms with van der Waals surface area (Å²) in [5.41, 5.74) is 6.19. The summed E-state index contributed by atoms with van der Waals surface area (Å²) >= 11 is 7.26. The molecule has 0 unspecified atom stereocenters. The van der Waals surface area contributed by atoms with Gasteiger partial charge in [0.2, 0.25) is 5.91 Å². The van der Waals surface area contributed by atoms with E-state index in [0.717, 1.165) is 25.0 Å². The van der Waals surface area contributed by atoms with Crippen molar-refractivity contribution in [1.29, 1.82) is 0 Å². The van der Waals surface area contributed by atoms with Gasteiger partial charge in [0, 0.05) is 22.8 Å². The van der Waals surface area contributed by atoms with E-state index >= 15 is 0 Å². The number of aromatic nitrogens is 3. The number of rotatable bonds is 7. The molecule has 1 saturated heterocycles. The Balaban J connectivity index is 1.41. The van der Waals surface area contributed by atoms with E-state index in [0.29, 0.717) is 28.1 Å². The fourth-order valence-electron chi connectivity index (χ4n) is 3.32. The summed E-state index contributed by atoms with van der Waals surface area (Å²) < 4.78 is 7.76. The number of benzene rings is 2. The van der Waals surface area contributed by atoms with Crippen LogP contribution in [-0.4, -0.2) is 45.0 Å². The SMILES string of the molecule is O=C(CSc1nnc(-c2ccc(Cl)cc2)n1C[C@@H]1CCCO1)NNC(=O)c1ccccc1. The van der Waals surface area contributed by atoms with Crippen molar-refractivity contribution in [3.05, 3.63) is 65.2 Å². The Morgan fingerprint density at radius 3 is 2.59 bits per heavy atom. The molecule has 10 heteroatoms. The summed E-state index contributed by atoms with van der Waals surface area (Å²) in [7, 11) is 0. The van der Waals surface area contributed by atoms with Crippen molar-refractivity contribution >= 4 is 35.2 Å². The highest BCUT2D eigenvalue weighted by Crippen LogP contribution is 2.27. The Morgan fingerprint density at radius 2 is 1.88 bits per heavy atom. The minimum atomic E-state index is -0.379. The smallest absolute Gasteiger partial charge is 0.269 e. The lowest BCUT2D eigenvalue weighted by Crippen LogP contribution is -2.42. The van der Waals surface area contributed by atoms with Gasteiger partial charge in [-0.05, 0) is 49.2 Å². The molecule has 8 nitrogen and oxygen atoms in total. The number of hydrogen-bond donors (Lipinski definition) is 2. The van der Waals surface area contributed by atoms with Crippen molar-refractivity contribution < 1.29 is 14.3 Å². The Morgan fingerprint density at radius 1 is 1.09 bits per heavy atom. The van der Waals surface area contributed by atoms with Crippen LogP contribution in [0.2, 0.25) is 5.02 Å². The van der Waals surface area contributed by atoms with Crippen LogP contribution in [-0.2, 0) is 16.1 Å². The lowest BCUT2D eigenvalue weighted by molar-refractivity contribution is -0.119. The zero-order valence-corrected chi connectivity index (χ0v) is 18.7. The first-order valence-electron chi connectivity index (χ1n) is 10.2. The normalized spacial score (nSPS) is 15.5. The molecule has 0 aliphatic carbocycles. The molecular weight excluding hydrogens is 450 g/mol. The van der Waals surface area contributed by atoms with E-state index in [-0.39, 0.29) is 23.7 Å². The maximum Gasteiger partial charge on any atom is 0.269 e.